The van der Waals surface area contributed by atoms with Crippen LogP contribution in [0.2, 0.25) is 0 Å². The molecule has 6 N–H and O–H groups in total. The maximum absolute atomic E-state index is 11.6. The average molecular weight is 598 g/mol. The third kappa shape index (κ3) is 10.3. The molecule has 41 heavy (non-hydrogen) atoms. The number of hydrogen-bond donors (Lipinski definition) is 4. The molecule has 9 nitrogen and oxygen atoms in total. The summed E-state index contributed by atoms with van der Waals surface area (Å²) in [4.78, 5) is 29.0. The van der Waals surface area contributed by atoms with Crippen molar-refractivity contribution < 1.29 is 9.59 Å². The van der Waals surface area contributed by atoms with E-state index < -0.39 is 0 Å². The van der Waals surface area contributed by atoms with E-state index in [0.29, 0.717) is 11.1 Å². The summed E-state index contributed by atoms with van der Waals surface area (Å²) in [5, 5.41) is 6.69. The number of nitrogens with two attached hydrogens (primary N) is 2. The topological polar surface area (TPSA) is 149 Å². The summed E-state index contributed by atoms with van der Waals surface area (Å²) in [7, 11) is 1.88. The first-order valence-corrected chi connectivity index (χ1v) is 15.4. The van der Waals surface area contributed by atoms with Gasteiger partial charge in [-0.15, -0.1) is 11.3 Å². The second-order valence-corrected chi connectivity index (χ2v) is 11.9. The second-order valence-electron chi connectivity index (χ2n) is 10.3. The Balaban J connectivity index is 0.000000239. The Morgan fingerprint density at radius 3 is 2.39 bits per heavy atom. The van der Waals surface area contributed by atoms with Crippen LogP contribution in [0, 0.1) is 11.3 Å². The maximum Gasteiger partial charge on any atom is 0.279 e. The van der Waals surface area contributed by atoms with Crippen LogP contribution >= 0.6 is 23.1 Å². The number of amides is 1. The molecular weight excluding hydrogens is 555 g/mol. The number of hydrogen-bond acceptors (Lipinski definition) is 10. The lowest BCUT2D eigenvalue weighted by molar-refractivity contribution is 0.102. The molecule has 1 aliphatic carbocycles. The van der Waals surface area contributed by atoms with Gasteiger partial charge in [0.05, 0.1) is 16.6 Å². The van der Waals surface area contributed by atoms with Gasteiger partial charge in [0.2, 0.25) is 0 Å². The molecule has 1 amide bonds. The Labute approximate surface area is 251 Å². The van der Waals surface area contributed by atoms with Crippen LogP contribution in [0.15, 0.2) is 42.5 Å². The van der Waals surface area contributed by atoms with E-state index in [2.05, 4.69) is 46.2 Å². The summed E-state index contributed by atoms with van der Waals surface area (Å²) in [6.45, 7) is 12.6. The fourth-order valence-electron chi connectivity index (χ4n) is 4.15. The number of carbonyl (C=O) groups is 2. The maximum atomic E-state index is 11.6. The summed E-state index contributed by atoms with van der Waals surface area (Å²) in [5.74, 6) is 0.546. The molecule has 1 aliphatic rings. The number of thiophene rings is 1. The number of pyridine rings is 1. The molecule has 5 rings (SSSR count). The average Bonchev–Trinajstić information content (AvgIpc) is 3.59. The molecule has 1 unspecified atom stereocenters. The van der Waals surface area contributed by atoms with Crippen LogP contribution in [-0.4, -0.2) is 46.1 Å². The monoisotopic (exact) mass is 597 g/mol. The number of carbonyl (C=O) groups excluding carboxylic acids is 2. The van der Waals surface area contributed by atoms with Crippen LogP contribution in [-0.2, 0) is 12.8 Å². The predicted molar refractivity (Wildman–Crippen MR) is 173 cm³/mol. The van der Waals surface area contributed by atoms with Gasteiger partial charge in [-0.1, -0.05) is 52.8 Å². The summed E-state index contributed by atoms with van der Waals surface area (Å²) in [5.41, 5.74) is 14.4. The number of nitrogen functional groups attached to an aromatic ring is 1. The molecule has 4 aromatic rings. The molecule has 0 spiro atoms. The highest BCUT2D eigenvalue weighted by Gasteiger charge is 2.29. The van der Waals surface area contributed by atoms with E-state index in [0.717, 1.165) is 65.0 Å². The number of likely N-dealkylation sites (N-methyl/N-ethyl adjacent to an activating group) is 1. The molecule has 3 aromatic heterocycles. The molecule has 0 saturated heterocycles. The molecule has 1 atom stereocenters. The SMILES string of the molecule is CC.CC(C)(C)C1CCc2nc3sc(C=O)cc3cc2C1.CNCCN.Nc1nsnc1C(=O)Nc1ccccc1. The van der Waals surface area contributed by atoms with E-state index in [1.807, 2.05) is 45.2 Å². The van der Waals surface area contributed by atoms with Crippen molar-refractivity contribution in [1.82, 2.24) is 19.0 Å². The van der Waals surface area contributed by atoms with Crippen LogP contribution in [0.3, 0.4) is 0 Å². The Kier molecular flexibility index (Phi) is 14.0. The fraction of sp³-hybridized carbons (Fsp3) is 0.433. The molecule has 0 bridgehead atoms. The first kappa shape index (κ1) is 34.0. The molecule has 3 heterocycles. The zero-order valence-corrected chi connectivity index (χ0v) is 26.5. The summed E-state index contributed by atoms with van der Waals surface area (Å²) < 4.78 is 7.53. The van der Waals surface area contributed by atoms with Crippen molar-refractivity contribution in [3.8, 4) is 0 Å². The highest BCUT2D eigenvalue weighted by molar-refractivity contribution is 7.20. The van der Waals surface area contributed by atoms with Crippen molar-refractivity contribution in [1.29, 1.82) is 0 Å². The normalized spacial score (nSPS) is 13.8. The molecule has 0 aliphatic heterocycles. The molecule has 0 saturated carbocycles. The molecule has 222 valence electrons. The number of benzene rings is 1. The van der Waals surface area contributed by atoms with Crippen molar-refractivity contribution >= 4 is 57.0 Å². The Morgan fingerprint density at radius 1 is 1.15 bits per heavy atom. The lowest BCUT2D eigenvalue weighted by atomic mass is 9.71. The van der Waals surface area contributed by atoms with E-state index in [9.17, 15) is 9.59 Å². The lowest BCUT2D eigenvalue weighted by Gasteiger charge is -2.34. The van der Waals surface area contributed by atoms with E-state index in [1.54, 1.807) is 12.1 Å². The minimum absolute atomic E-state index is 0.161. The number of aromatic nitrogens is 3. The summed E-state index contributed by atoms with van der Waals surface area (Å²) in [6.07, 6.45) is 4.33. The Hall–Kier alpha value is -3.25. The van der Waals surface area contributed by atoms with Gasteiger partial charge in [-0.2, -0.15) is 8.75 Å². The van der Waals surface area contributed by atoms with Gasteiger partial charge >= 0.3 is 0 Å². The standard InChI is InChI=1S/C16H19NOS.C9H8N4OS.C3H10N2.C2H6/c1-16(2,3)12-4-5-14-10(7-12)6-11-8-13(9-18)19-15(11)17-14;10-8-7(12-15-13-8)9(14)11-6-4-2-1-3-5-6;1-5-3-2-4;1-2/h6,8-9,12H,4-5,7H2,1-3H3;1-5H,(H2,10,13)(H,11,14);5H,2-4H2,1H3;1-2H3. The highest BCUT2D eigenvalue weighted by atomic mass is 32.1. The lowest BCUT2D eigenvalue weighted by Crippen LogP contribution is -2.27. The Bertz CT molecular complexity index is 1360. The number of para-hydroxylation sites is 1. The van der Waals surface area contributed by atoms with Gasteiger partial charge < -0.3 is 22.1 Å². The number of aryl methyl sites for hydroxylation is 1. The summed E-state index contributed by atoms with van der Waals surface area (Å²) >= 11 is 2.42. The second kappa shape index (κ2) is 16.9. The van der Waals surface area contributed by atoms with Crippen molar-refractivity contribution in [2.45, 2.75) is 53.9 Å². The van der Waals surface area contributed by atoms with Gasteiger partial charge in [0.1, 0.15) is 4.83 Å². The third-order valence-corrected chi connectivity index (χ3v) is 7.90. The first-order chi connectivity index (χ1) is 19.7. The zero-order chi connectivity index (χ0) is 30.4. The first-order valence-electron chi connectivity index (χ1n) is 13.8. The number of aldehydes is 1. The van der Waals surface area contributed by atoms with E-state index >= 15 is 0 Å². The van der Waals surface area contributed by atoms with Crippen LogP contribution in [0.4, 0.5) is 11.5 Å². The van der Waals surface area contributed by atoms with Crippen LogP contribution in [0.1, 0.15) is 72.5 Å². The van der Waals surface area contributed by atoms with Gasteiger partial charge in [0.25, 0.3) is 5.91 Å². The minimum Gasteiger partial charge on any atom is -0.381 e. The summed E-state index contributed by atoms with van der Waals surface area (Å²) in [6, 6.07) is 13.3. The third-order valence-electron chi connectivity index (χ3n) is 6.39. The smallest absolute Gasteiger partial charge is 0.279 e. The van der Waals surface area contributed by atoms with Crippen LogP contribution < -0.4 is 22.1 Å². The molecule has 0 radical (unpaired) electrons. The number of nitrogens with one attached hydrogen (secondary N) is 2. The van der Waals surface area contributed by atoms with Gasteiger partial charge in [-0.05, 0) is 67.5 Å². The molecule has 11 heteroatoms. The number of rotatable bonds is 5. The van der Waals surface area contributed by atoms with E-state index in [4.69, 9.17) is 16.5 Å². The zero-order valence-electron chi connectivity index (χ0n) is 24.9. The van der Waals surface area contributed by atoms with Crippen molar-refractivity contribution in [2.75, 3.05) is 31.2 Å². The van der Waals surface area contributed by atoms with Gasteiger partial charge in [-0.3, -0.25) is 9.59 Å². The largest absolute Gasteiger partial charge is 0.381 e. The fourth-order valence-corrected chi connectivity index (χ4v) is 5.47. The van der Waals surface area contributed by atoms with Gasteiger partial charge in [0.15, 0.2) is 17.8 Å². The quantitative estimate of drug-likeness (QED) is 0.210. The predicted octanol–water partition coefficient (Wildman–Crippen LogP) is 5.82. The van der Waals surface area contributed by atoms with Crippen molar-refractivity contribution in [3.05, 3.63) is 64.3 Å². The number of anilines is 2. The van der Waals surface area contributed by atoms with Crippen LogP contribution in [0.5, 0.6) is 0 Å². The molecular formula is C30H43N7O2S2. The van der Waals surface area contributed by atoms with Crippen molar-refractivity contribution in [2.24, 2.45) is 17.1 Å². The molecule has 0 fully saturated rings. The minimum atomic E-state index is -0.340. The Morgan fingerprint density at radius 2 is 1.85 bits per heavy atom. The molecule has 1 aromatic carbocycles. The van der Waals surface area contributed by atoms with E-state index in [1.165, 1.54) is 29.0 Å². The van der Waals surface area contributed by atoms with E-state index in [-0.39, 0.29) is 17.4 Å². The van der Waals surface area contributed by atoms with Crippen LogP contribution in [0.25, 0.3) is 10.2 Å². The number of nitrogens with zero attached hydrogens (tertiary/aromatic N) is 3. The van der Waals surface area contributed by atoms with Gasteiger partial charge in [-0.25, -0.2) is 4.98 Å². The van der Waals surface area contributed by atoms with Crippen molar-refractivity contribution in [3.63, 3.8) is 0 Å². The van der Waals surface area contributed by atoms with Gasteiger partial charge in [0, 0.05) is 29.9 Å². The highest BCUT2D eigenvalue weighted by Crippen LogP contribution is 2.38. The number of fused-ring (bicyclic) bond motifs is 2.